The number of nitrogens with zero attached hydrogens (tertiary/aromatic N) is 5. The maximum absolute atomic E-state index is 5.19. The summed E-state index contributed by atoms with van der Waals surface area (Å²) >= 11 is 0. The Kier molecular flexibility index (Phi) is 7.47. The van der Waals surface area contributed by atoms with E-state index in [4.69, 9.17) is 19.9 Å². The molecule has 0 spiro atoms. The molecule has 9 rings (SSSR count). The van der Waals surface area contributed by atoms with Crippen LogP contribution in [0.15, 0.2) is 152 Å². The van der Waals surface area contributed by atoms with Gasteiger partial charge in [0.15, 0.2) is 17.5 Å². The molecule has 2 heterocycles. The smallest absolute Gasteiger partial charge is 0.164 e. The Labute approximate surface area is 304 Å². The first-order valence-corrected chi connectivity index (χ1v) is 17.9. The highest BCUT2D eigenvalue weighted by atomic mass is 15.1. The number of fused-ring (bicyclic) bond motifs is 2. The quantitative estimate of drug-likeness (QED) is 0.176. The zero-order chi connectivity index (χ0) is 35.5. The maximum Gasteiger partial charge on any atom is 0.164 e. The highest BCUT2D eigenvalue weighted by Crippen LogP contribution is 2.50. The number of rotatable bonds is 6. The van der Waals surface area contributed by atoms with E-state index >= 15 is 0 Å². The second kappa shape index (κ2) is 12.2. The van der Waals surface area contributed by atoms with Gasteiger partial charge in [-0.15, -0.1) is 0 Å². The Morgan fingerprint density at radius 2 is 0.942 bits per heavy atom. The van der Waals surface area contributed by atoms with Crippen LogP contribution in [0.1, 0.15) is 45.2 Å². The Hall–Kier alpha value is -6.20. The lowest BCUT2D eigenvalue weighted by molar-refractivity contribution is 0.403. The van der Waals surface area contributed by atoms with Crippen molar-refractivity contribution in [2.45, 2.75) is 44.9 Å². The van der Waals surface area contributed by atoms with Crippen LogP contribution in [0.3, 0.4) is 0 Å². The zero-order valence-electron chi connectivity index (χ0n) is 29.9. The highest BCUT2D eigenvalue weighted by Gasteiger charge is 2.41. The molecule has 52 heavy (non-hydrogen) atoms. The molecule has 252 valence electrons. The molecule has 1 aliphatic rings. The largest absolute Gasteiger partial charge is 0.292 e. The van der Waals surface area contributed by atoms with Crippen LogP contribution in [0.25, 0.3) is 73.4 Å². The van der Waals surface area contributed by atoms with Gasteiger partial charge in [-0.1, -0.05) is 149 Å². The Morgan fingerprint density at radius 1 is 0.423 bits per heavy atom. The number of aromatic nitrogens is 5. The van der Waals surface area contributed by atoms with Gasteiger partial charge in [0.2, 0.25) is 0 Å². The van der Waals surface area contributed by atoms with E-state index in [-0.39, 0.29) is 10.8 Å². The van der Waals surface area contributed by atoms with E-state index < -0.39 is 0 Å². The van der Waals surface area contributed by atoms with E-state index in [1.807, 2.05) is 18.2 Å². The van der Waals surface area contributed by atoms with E-state index in [0.717, 1.165) is 56.8 Å². The average molecular weight is 674 g/mol. The minimum absolute atomic E-state index is 0.0547. The molecule has 5 nitrogen and oxygen atoms in total. The summed E-state index contributed by atoms with van der Waals surface area (Å²) in [6, 6.07) is 52.8. The second-order valence-corrected chi connectivity index (χ2v) is 15.1. The van der Waals surface area contributed by atoms with Crippen molar-refractivity contribution in [1.29, 1.82) is 0 Å². The van der Waals surface area contributed by atoms with Crippen LogP contribution < -0.4 is 0 Å². The monoisotopic (exact) mass is 673 g/mol. The molecule has 0 atom stereocenters. The fourth-order valence-corrected chi connectivity index (χ4v) is 8.19. The van der Waals surface area contributed by atoms with Crippen molar-refractivity contribution in [2.24, 2.45) is 0 Å². The lowest BCUT2D eigenvalue weighted by Crippen LogP contribution is -2.17. The third-order valence-corrected chi connectivity index (χ3v) is 10.5. The first-order chi connectivity index (χ1) is 25.2. The van der Waals surface area contributed by atoms with Crippen LogP contribution in [-0.2, 0) is 10.8 Å². The van der Waals surface area contributed by atoms with Gasteiger partial charge in [-0.05, 0) is 69.8 Å². The van der Waals surface area contributed by atoms with Crippen molar-refractivity contribution in [3.63, 3.8) is 0 Å². The van der Waals surface area contributed by atoms with Crippen molar-refractivity contribution >= 4 is 11.0 Å². The summed E-state index contributed by atoms with van der Waals surface area (Å²) in [5.41, 5.74) is 12.1. The Morgan fingerprint density at radius 3 is 1.65 bits per heavy atom. The van der Waals surface area contributed by atoms with Gasteiger partial charge in [-0.25, -0.2) is 19.9 Å². The van der Waals surface area contributed by atoms with Gasteiger partial charge < -0.3 is 0 Å². The molecule has 0 N–H and O–H groups in total. The molecule has 0 aliphatic heterocycles. The molecule has 1 aliphatic carbocycles. The summed E-state index contributed by atoms with van der Waals surface area (Å²) in [5.74, 6) is 2.82. The predicted molar refractivity (Wildman–Crippen MR) is 212 cm³/mol. The minimum Gasteiger partial charge on any atom is -0.292 e. The van der Waals surface area contributed by atoms with Gasteiger partial charge >= 0.3 is 0 Å². The van der Waals surface area contributed by atoms with E-state index in [2.05, 4.69) is 166 Å². The molecule has 0 saturated carbocycles. The van der Waals surface area contributed by atoms with Crippen LogP contribution in [-0.4, -0.2) is 24.5 Å². The predicted octanol–water partition coefficient (Wildman–Crippen LogP) is 11.5. The fourth-order valence-electron chi connectivity index (χ4n) is 8.19. The van der Waals surface area contributed by atoms with Crippen LogP contribution in [0.4, 0.5) is 0 Å². The SMILES string of the molecule is CC1(C)CC(C)(C)c2cc(-c3nc(-c4ccc(-c5ccccc5)cc4)nc(-c4cccc(-n5c(-c6ccccc6)nc6ccccc65)c4)n3)ccc21. The minimum atomic E-state index is 0.0547. The first kappa shape index (κ1) is 31.8. The molecule has 8 aromatic rings. The molecular weight excluding hydrogens is 635 g/mol. The molecule has 5 heteroatoms. The summed E-state index contributed by atoms with van der Waals surface area (Å²) < 4.78 is 2.23. The average Bonchev–Trinajstić information content (AvgIpc) is 3.66. The number of para-hydroxylation sites is 2. The summed E-state index contributed by atoms with van der Waals surface area (Å²) in [5, 5.41) is 0. The van der Waals surface area contributed by atoms with E-state index in [1.165, 1.54) is 16.7 Å². The molecule has 0 radical (unpaired) electrons. The van der Waals surface area contributed by atoms with E-state index in [9.17, 15) is 0 Å². The Bertz CT molecular complexity index is 2580. The van der Waals surface area contributed by atoms with Crippen molar-refractivity contribution in [1.82, 2.24) is 24.5 Å². The zero-order valence-corrected chi connectivity index (χ0v) is 29.9. The van der Waals surface area contributed by atoms with Gasteiger partial charge in [0.1, 0.15) is 5.82 Å². The van der Waals surface area contributed by atoms with Crippen molar-refractivity contribution < 1.29 is 0 Å². The van der Waals surface area contributed by atoms with Gasteiger partial charge in [0, 0.05) is 27.9 Å². The topological polar surface area (TPSA) is 56.5 Å². The van der Waals surface area contributed by atoms with E-state index in [1.54, 1.807) is 0 Å². The fraction of sp³-hybridized carbons (Fsp3) is 0.149. The molecule has 0 amide bonds. The molecular formula is C47H39N5. The van der Waals surface area contributed by atoms with Gasteiger partial charge in [-0.2, -0.15) is 0 Å². The molecule has 0 saturated heterocycles. The standard InChI is InChI=1S/C47H39N5/c1-46(2)30-47(3,4)39-29-36(26-27-38(39)46)44-50-42(33-24-22-32(23-25-33)31-14-7-5-8-15-31)49-43(51-44)35-18-13-19-37(28-35)52-41-21-12-11-20-40(41)48-45(52)34-16-9-6-10-17-34/h5-29H,30H2,1-4H3. The lowest BCUT2D eigenvalue weighted by Gasteiger charge is -2.22. The van der Waals surface area contributed by atoms with Crippen LogP contribution in [0.2, 0.25) is 0 Å². The second-order valence-electron chi connectivity index (χ2n) is 15.1. The summed E-state index contributed by atoms with van der Waals surface area (Å²) in [7, 11) is 0. The summed E-state index contributed by atoms with van der Waals surface area (Å²) in [6.07, 6.45) is 1.10. The van der Waals surface area contributed by atoms with Crippen molar-refractivity contribution in [3.05, 3.63) is 163 Å². The Balaban J connectivity index is 1.20. The van der Waals surface area contributed by atoms with Crippen LogP contribution in [0.5, 0.6) is 0 Å². The molecule has 6 aromatic carbocycles. The third kappa shape index (κ3) is 5.59. The summed E-state index contributed by atoms with van der Waals surface area (Å²) in [4.78, 5) is 20.5. The highest BCUT2D eigenvalue weighted by molar-refractivity contribution is 5.84. The molecule has 0 unspecified atom stereocenters. The molecule has 0 fully saturated rings. The van der Waals surface area contributed by atoms with Crippen molar-refractivity contribution in [3.8, 4) is 62.4 Å². The van der Waals surface area contributed by atoms with Gasteiger partial charge in [-0.3, -0.25) is 4.57 Å². The number of imidazole rings is 1. The first-order valence-electron chi connectivity index (χ1n) is 17.9. The van der Waals surface area contributed by atoms with Crippen LogP contribution in [0, 0.1) is 0 Å². The number of benzene rings is 6. The van der Waals surface area contributed by atoms with Crippen LogP contribution >= 0.6 is 0 Å². The number of hydrogen-bond donors (Lipinski definition) is 0. The van der Waals surface area contributed by atoms with Crippen molar-refractivity contribution in [2.75, 3.05) is 0 Å². The van der Waals surface area contributed by atoms with E-state index in [0.29, 0.717) is 17.5 Å². The number of hydrogen-bond acceptors (Lipinski definition) is 4. The maximum atomic E-state index is 5.19. The summed E-state index contributed by atoms with van der Waals surface area (Å²) in [6.45, 7) is 9.38. The molecule has 2 aromatic heterocycles. The lowest BCUT2D eigenvalue weighted by atomic mass is 9.82. The van der Waals surface area contributed by atoms with Gasteiger partial charge in [0.05, 0.1) is 11.0 Å². The third-order valence-electron chi connectivity index (χ3n) is 10.5. The molecule has 0 bridgehead atoms. The normalized spacial score (nSPS) is 14.4. The van der Waals surface area contributed by atoms with Gasteiger partial charge in [0.25, 0.3) is 0 Å².